The molecule has 0 saturated carbocycles. The molecule has 172 valence electrons. The lowest BCUT2D eigenvalue weighted by Crippen LogP contribution is -2.47. The fraction of sp³-hybridized carbons (Fsp3) is 0.346. The van der Waals surface area contributed by atoms with E-state index in [2.05, 4.69) is 53.2 Å². The maximum absolute atomic E-state index is 12.6. The van der Waals surface area contributed by atoms with Crippen LogP contribution in [-0.2, 0) is 11.3 Å². The molecule has 0 aliphatic carbocycles. The summed E-state index contributed by atoms with van der Waals surface area (Å²) in [6.45, 7) is 7.80. The highest BCUT2D eigenvalue weighted by Crippen LogP contribution is 2.20. The Kier molecular flexibility index (Phi) is 7.19. The maximum Gasteiger partial charge on any atom is 0.246 e. The third kappa shape index (κ3) is 5.87. The number of hydrogen-bond donors (Lipinski definition) is 0. The van der Waals surface area contributed by atoms with Crippen LogP contribution in [0.2, 0.25) is 0 Å². The van der Waals surface area contributed by atoms with Crippen LogP contribution in [0.5, 0.6) is 5.75 Å². The van der Waals surface area contributed by atoms with Crippen LogP contribution >= 0.6 is 0 Å². The topological polar surface area (TPSA) is 71.7 Å². The molecule has 1 amide bonds. The summed E-state index contributed by atoms with van der Waals surface area (Å²) in [5.41, 5.74) is 3.22. The van der Waals surface area contributed by atoms with E-state index in [1.54, 1.807) is 13.2 Å². The van der Waals surface area contributed by atoms with Gasteiger partial charge < -0.3 is 14.2 Å². The Morgan fingerprint density at radius 3 is 2.39 bits per heavy atom. The van der Waals surface area contributed by atoms with Crippen LogP contribution in [0, 0.1) is 0 Å². The first-order valence-electron chi connectivity index (χ1n) is 11.3. The molecule has 1 aliphatic rings. The number of methoxy groups -OCH3 is 1. The van der Waals surface area contributed by atoms with Gasteiger partial charge in [0.2, 0.25) is 17.6 Å². The fourth-order valence-electron chi connectivity index (χ4n) is 3.76. The Morgan fingerprint density at radius 2 is 1.76 bits per heavy atom. The first-order chi connectivity index (χ1) is 16.0. The van der Waals surface area contributed by atoms with Gasteiger partial charge in [-0.25, -0.2) is 0 Å². The minimum atomic E-state index is 0.0437. The predicted octanol–water partition coefficient (Wildman–Crippen LogP) is 4.23. The van der Waals surface area contributed by atoms with Crippen LogP contribution in [0.4, 0.5) is 0 Å². The number of ether oxygens (including phenoxy) is 1. The lowest BCUT2D eigenvalue weighted by molar-refractivity contribution is -0.127. The van der Waals surface area contributed by atoms with E-state index in [1.807, 2.05) is 35.2 Å². The number of aromatic nitrogens is 2. The molecular weight excluding hydrogens is 416 g/mol. The summed E-state index contributed by atoms with van der Waals surface area (Å²) in [6.07, 6.45) is 3.55. The Morgan fingerprint density at radius 1 is 1.06 bits per heavy atom. The standard InChI is InChI=1S/C26H30N4O3/c1-19(2)21-7-4-20(5-8-21)6-13-25(31)30-16-14-29(15-17-30)18-24-27-26(28-33-24)22-9-11-23(32-3)12-10-22/h4-13,19H,14-18H2,1-3H3. The van der Waals surface area contributed by atoms with E-state index in [0.29, 0.717) is 37.3 Å². The molecule has 2 aromatic carbocycles. The number of piperazine rings is 1. The van der Waals surface area contributed by atoms with Crippen molar-refractivity contribution in [3.63, 3.8) is 0 Å². The number of hydrogen-bond acceptors (Lipinski definition) is 6. The number of nitrogens with zero attached hydrogens (tertiary/aromatic N) is 4. The first-order valence-corrected chi connectivity index (χ1v) is 11.3. The molecule has 0 N–H and O–H groups in total. The van der Waals surface area contributed by atoms with Crippen LogP contribution in [0.3, 0.4) is 0 Å². The van der Waals surface area contributed by atoms with Gasteiger partial charge in [-0.3, -0.25) is 9.69 Å². The van der Waals surface area contributed by atoms with Crippen molar-refractivity contribution in [2.45, 2.75) is 26.3 Å². The molecular formula is C26H30N4O3. The van der Waals surface area contributed by atoms with Gasteiger partial charge in [0.1, 0.15) is 5.75 Å². The fourth-order valence-corrected chi connectivity index (χ4v) is 3.76. The predicted molar refractivity (Wildman–Crippen MR) is 128 cm³/mol. The van der Waals surface area contributed by atoms with E-state index in [9.17, 15) is 4.79 Å². The smallest absolute Gasteiger partial charge is 0.246 e. The van der Waals surface area contributed by atoms with Crippen LogP contribution in [-0.4, -0.2) is 59.1 Å². The van der Waals surface area contributed by atoms with Crippen molar-refractivity contribution < 1.29 is 14.1 Å². The van der Waals surface area contributed by atoms with Gasteiger partial charge in [0, 0.05) is 37.8 Å². The Labute approximate surface area is 194 Å². The summed E-state index contributed by atoms with van der Waals surface area (Å²) in [5, 5.41) is 4.09. The normalized spacial score (nSPS) is 14.8. The molecule has 2 heterocycles. The van der Waals surface area contributed by atoms with Gasteiger partial charge in [-0.1, -0.05) is 43.3 Å². The van der Waals surface area contributed by atoms with Crippen molar-refractivity contribution in [2.75, 3.05) is 33.3 Å². The minimum absolute atomic E-state index is 0.0437. The number of benzene rings is 2. The minimum Gasteiger partial charge on any atom is -0.497 e. The van der Waals surface area contributed by atoms with Crippen molar-refractivity contribution in [1.82, 2.24) is 19.9 Å². The molecule has 1 saturated heterocycles. The van der Waals surface area contributed by atoms with Crippen LogP contribution in [0.1, 0.15) is 36.8 Å². The Hall–Kier alpha value is -3.45. The van der Waals surface area contributed by atoms with Gasteiger partial charge in [-0.05, 0) is 47.4 Å². The summed E-state index contributed by atoms with van der Waals surface area (Å²) in [4.78, 5) is 21.2. The zero-order valence-corrected chi connectivity index (χ0v) is 19.4. The van der Waals surface area contributed by atoms with E-state index in [4.69, 9.17) is 9.26 Å². The molecule has 1 aliphatic heterocycles. The third-order valence-corrected chi connectivity index (χ3v) is 5.88. The molecule has 0 spiro atoms. The van der Waals surface area contributed by atoms with Crippen LogP contribution < -0.4 is 4.74 Å². The number of rotatable bonds is 7. The molecule has 33 heavy (non-hydrogen) atoms. The summed E-state index contributed by atoms with van der Waals surface area (Å²) in [6, 6.07) is 15.9. The largest absolute Gasteiger partial charge is 0.497 e. The monoisotopic (exact) mass is 446 g/mol. The summed E-state index contributed by atoms with van der Waals surface area (Å²) < 4.78 is 10.6. The highest BCUT2D eigenvalue weighted by molar-refractivity contribution is 5.91. The van der Waals surface area contributed by atoms with E-state index in [1.165, 1.54) is 5.56 Å². The highest BCUT2D eigenvalue weighted by Gasteiger charge is 2.21. The zero-order valence-electron chi connectivity index (χ0n) is 19.4. The van der Waals surface area contributed by atoms with Crippen molar-refractivity contribution in [2.24, 2.45) is 0 Å². The van der Waals surface area contributed by atoms with E-state index >= 15 is 0 Å². The van der Waals surface area contributed by atoms with Gasteiger partial charge in [0.05, 0.1) is 13.7 Å². The molecule has 1 aromatic heterocycles. The van der Waals surface area contributed by atoms with Crippen LogP contribution in [0.25, 0.3) is 17.5 Å². The first kappa shape index (κ1) is 22.7. The molecule has 7 heteroatoms. The highest BCUT2D eigenvalue weighted by atomic mass is 16.5. The number of amides is 1. The summed E-state index contributed by atoms with van der Waals surface area (Å²) in [7, 11) is 1.64. The molecule has 4 rings (SSSR count). The van der Waals surface area contributed by atoms with Gasteiger partial charge in [-0.2, -0.15) is 4.98 Å². The molecule has 3 aromatic rings. The second-order valence-corrected chi connectivity index (χ2v) is 8.50. The van der Waals surface area contributed by atoms with E-state index in [-0.39, 0.29) is 5.91 Å². The Bertz CT molecular complexity index is 1080. The lowest BCUT2D eigenvalue weighted by atomic mass is 10.0. The Balaban J connectivity index is 1.26. The second kappa shape index (κ2) is 10.4. The van der Waals surface area contributed by atoms with Crippen molar-refractivity contribution in [1.29, 1.82) is 0 Å². The van der Waals surface area contributed by atoms with Crippen LogP contribution in [0.15, 0.2) is 59.1 Å². The van der Waals surface area contributed by atoms with Gasteiger partial charge in [0.15, 0.2) is 0 Å². The van der Waals surface area contributed by atoms with E-state index in [0.717, 1.165) is 30.0 Å². The average molecular weight is 447 g/mol. The van der Waals surface area contributed by atoms with Crippen molar-refractivity contribution in [3.05, 3.63) is 71.6 Å². The third-order valence-electron chi connectivity index (χ3n) is 5.88. The van der Waals surface area contributed by atoms with Gasteiger partial charge in [0.25, 0.3) is 0 Å². The average Bonchev–Trinajstić information content (AvgIpc) is 3.31. The quantitative estimate of drug-likeness (QED) is 0.506. The number of carbonyl (C=O) groups excluding carboxylic acids is 1. The second-order valence-electron chi connectivity index (χ2n) is 8.50. The SMILES string of the molecule is COc1ccc(-c2noc(CN3CCN(C(=O)C=Cc4ccc(C(C)C)cc4)CC3)n2)cc1. The number of carbonyl (C=O) groups is 1. The molecule has 0 bridgehead atoms. The van der Waals surface area contributed by atoms with Gasteiger partial charge in [-0.15, -0.1) is 0 Å². The van der Waals surface area contributed by atoms with Crippen molar-refractivity contribution >= 4 is 12.0 Å². The summed E-state index contributed by atoms with van der Waals surface area (Å²) in [5.74, 6) is 2.47. The van der Waals surface area contributed by atoms with Crippen molar-refractivity contribution in [3.8, 4) is 17.1 Å². The summed E-state index contributed by atoms with van der Waals surface area (Å²) >= 11 is 0. The maximum atomic E-state index is 12.6. The molecule has 0 unspecified atom stereocenters. The molecule has 7 nitrogen and oxygen atoms in total. The van der Waals surface area contributed by atoms with Gasteiger partial charge >= 0.3 is 0 Å². The lowest BCUT2D eigenvalue weighted by Gasteiger charge is -2.33. The molecule has 0 radical (unpaired) electrons. The molecule has 1 fully saturated rings. The van der Waals surface area contributed by atoms with E-state index < -0.39 is 0 Å². The molecule has 0 atom stereocenters. The zero-order chi connectivity index (χ0) is 23.2.